The number of hydrogen-bond donors (Lipinski definition) is 0. The second-order valence-electron chi connectivity index (χ2n) is 5.58. The van der Waals surface area contributed by atoms with E-state index in [0.29, 0.717) is 35.9 Å². The van der Waals surface area contributed by atoms with E-state index in [1.54, 1.807) is 23.1 Å². The number of rotatable bonds is 4. The first-order chi connectivity index (χ1) is 12.2. The van der Waals surface area contributed by atoms with Crippen molar-refractivity contribution < 1.29 is 19.1 Å². The monoisotopic (exact) mass is 357 g/mol. The number of hydrogen-bond acceptors (Lipinski definition) is 5. The van der Waals surface area contributed by atoms with E-state index in [1.165, 1.54) is 18.9 Å². The van der Waals surface area contributed by atoms with Gasteiger partial charge >= 0.3 is 5.97 Å². The molecule has 0 unspecified atom stereocenters. The minimum Gasteiger partial charge on any atom is -0.468 e. The van der Waals surface area contributed by atoms with Gasteiger partial charge in [-0.3, -0.25) is 9.59 Å². The summed E-state index contributed by atoms with van der Waals surface area (Å²) >= 11 is 1.52. The molecule has 1 aliphatic rings. The van der Waals surface area contributed by atoms with Gasteiger partial charge in [-0.1, -0.05) is 24.3 Å². The number of amides is 1. The summed E-state index contributed by atoms with van der Waals surface area (Å²) < 4.78 is 10.6. The van der Waals surface area contributed by atoms with Gasteiger partial charge < -0.3 is 14.4 Å². The molecule has 3 rings (SSSR count). The smallest absolute Gasteiger partial charge is 0.320 e. The van der Waals surface area contributed by atoms with Crippen LogP contribution in [0.3, 0.4) is 0 Å². The molecule has 0 radical (unpaired) electrons. The third kappa shape index (κ3) is 4.33. The van der Waals surface area contributed by atoms with Gasteiger partial charge in [-0.2, -0.15) is 0 Å². The van der Waals surface area contributed by atoms with Gasteiger partial charge in [-0.25, -0.2) is 0 Å². The van der Waals surface area contributed by atoms with Crippen LogP contribution in [-0.2, 0) is 9.53 Å². The summed E-state index contributed by atoms with van der Waals surface area (Å²) in [7, 11) is 1.37. The molecule has 1 saturated heterocycles. The SMILES string of the molecule is COC(=O)[C@@H]1CN(C(=O)c2cccc(Oc3ccccc3)c2)CCS1. The van der Waals surface area contributed by atoms with E-state index in [-0.39, 0.29) is 17.1 Å². The predicted octanol–water partition coefficient (Wildman–Crippen LogP) is 3.21. The first-order valence-corrected chi connectivity index (χ1v) is 9.04. The topological polar surface area (TPSA) is 55.8 Å². The lowest BCUT2D eigenvalue weighted by Crippen LogP contribution is -2.44. The number of para-hydroxylation sites is 1. The van der Waals surface area contributed by atoms with E-state index in [1.807, 2.05) is 36.4 Å². The molecule has 130 valence electrons. The van der Waals surface area contributed by atoms with Gasteiger partial charge in [0, 0.05) is 24.4 Å². The molecule has 1 amide bonds. The molecule has 0 aliphatic carbocycles. The van der Waals surface area contributed by atoms with Crippen LogP contribution in [0.5, 0.6) is 11.5 Å². The maximum absolute atomic E-state index is 12.8. The van der Waals surface area contributed by atoms with Crippen LogP contribution in [0.1, 0.15) is 10.4 Å². The number of methoxy groups -OCH3 is 1. The van der Waals surface area contributed by atoms with Crippen LogP contribution in [0.2, 0.25) is 0 Å². The number of benzene rings is 2. The van der Waals surface area contributed by atoms with Crippen molar-refractivity contribution in [1.82, 2.24) is 4.90 Å². The molecule has 2 aromatic rings. The number of carbonyl (C=O) groups is 2. The van der Waals surface area contributed by atoms with Crippen LogP contribution in [0.25, 0.3) is 0 Å². The van der Waals surface area contributed by atoms with E-state index in [9.17, 15) is 9.59 Å². The zero-order chi connectivity index (χ0) is 17.6. The van der Waals surface area contributed by atoms with Crippen LogP contribution in [-0.4, -0.2) is 48.0 Å². The average molecular weight is 357 g/mol. The number of nitrogens with zero attached hydrogens (tertiary/aromatic N) is 1. The lowest BCUT2D eigenvalue weighted by Gasteiger charge is -2.31. The van der Waals surface area contributed by atoms with Crippen molar-refractivity contribution in [2.24, 2.45) is 0 Å². The Bertz CT molecular complexity index is 750. The lowest BCUT2D eigenvalue weighted by atomic mass is 10.1. The van der Waals surface area contributed by atoms with Gasteiger partial charge in [0.05, 0.1) is 7.11 Å². The molecule has 1 aliphatic heterocycles. The van der Waals surface area contributed by atoms with Gasteiger partial charge in [0.1, 0.15) is 16.7 Å². The Kier molecular flexibility index (Phi) is 5.60. The molecule has 25 heavy (non-hydrogen) atoms. The van der Waals surface area contributed by atoms with Crippen LogP contribution in [0.15, 0.2) is 54.6 Å². The molecule has 5 nitrogen and oxygen atoms in total. The highest BCUT2D eigenvalue weighted by molar-refractivity contribution is 8.00. The van der Waals surface area contributed by atoms with Crippen molar-refractivity contribution in [2.45, 2.75) is 5.25 Å². The lowest BCUT2D eigenvalue weighted by molar-refractivity contribution is -0.140. The summed E-state index contributed by atoms with van der Waals surface area (Å²) in [6.07, 6.45) is 0. The molecular formula is C19H19NO4S. The third-order valence-electron chi connectivity index (χ3n) is 3.88. The highest BCUT2D eigenvalue weighted by atomic mass is 32.2. The minimum atomic E-state index is -0.327. The van der Waals surface area contributed by atoms with E-state index >= 15 is 0 Å². The zero-order valence-corrected chi connectivity index (χ0v) is 14.7. The first-order valence-electron chi connectivity index (χ1n) is 7.99. The fourth-order valence-corrected chi connectivity index (χ4v) is 3.74. The van der Waals surface area contributed by atoms with E-state index in [4.69, 9.17) is 9.47 Å². The van der Waals surface area contributed by atoms with E-state index in [2.05, 4.69) is 0 Å². The highest BCUT2D eigenvalue weighted by Gasteiger charge is 2.30. The maximum atomic E-state index is 12.8. The zero-order valence-electron chi connectivity index (χ0n) is 13.9. The molecule has 0 N–H and O–H groups in total. The molecule has 0 bridgehead atoms. The molecule has 0 saturated carbocycles. The Labute approximate surface area is 150 Å². The number of carbonyl (C=O) groups excluding carboxylic acids is 2. The summed E-state index contributed by atoms with van der Waals surface area (Å²) in [5.74, 6) is 1.64. The molecule has 0 aromatic heterocycles. The average Bonchev–Trinajstić information content (AvgIpc) is 2.68. The quantitative estimate of drug-likeness (QED) is 0.787. The van der Waals surface area contributed by atoms with Crippen molar-refractivity contribution >= 4 is 23.6 Å². The molecular weight excluding hydrogens is 338 g/mol. The Morgan fingerprint density at radius 3 is 2.60 bits per heavy atom. The van der Waals surface area contributed by atoms with Gasteiger partial charge in [0.15, 0.2) is 0 Å². The van der Waals surface area contributed by atoms with E-state index < -0.39 is 0 Å². The molecule has 0 spiro atoms. The molecule has 6 heteroatoms. The second kappa shape index (κ2) is 8.07. The molecule has 1 heterocycles. The number of ether oxygens (including phenoxy) is 2. The van der Waals surface area contributed by atoms with Crippen molar-refractivity contribution in [3.8, 4) is 11.5 Å². The van der Waals surface area contributed by atoms with Crippen LogP contribution in [0.4, 0.5) is 0 Å². The van der Waals surface area contributed by atoms with Crippen molar-refractivity contribution in [3.05, 3.63) is 60.2 Å². The Balaban J connectivity index is 1.72. The Hall–Kier alpha value is -2.47. The van der Waals surface area contributed by atoms with Crippen LogP contribution >= 0.6 is 11.8 Å². The summed E-state index contributed by atoms with van der Waals surface area (Å²) in [4.78, 5) is 26.2. The van der Waals surface area contributed by atoms with Crippen LogP contribution in [0, 0.1) is 0 Å². The van der Waals surface area contributed by atoms with Gasteiger partial charge in [-0.05, 0) is 30.3 Å². The Morgan fingerprint density at radius 1 is 1.08 bits per heavy atom. The molecule has 1 atom stereocenters. The van der Waals surface area contributed by atoms with Gasteiger partial charge in [0.2, 0.25) is 0 Å². The second-order valence-corrected chi connectivity index (χ2v) is 6.89. The summed E-state index contributed by atoms with van der Waals surface area (Å²) in [5.41, 5.74) is 0.545. The Morgan fingerprint density at radius 2 is 1.84 bits per heavy atom. The van der Waals surface area contributed by atoms with Crippen molar-refractivity contribution in [2.75, 3.05) is 26.0 Å². The highest BCUT2D eigenvalue weighted by Crippen LogP contribution is 2.25. The molecule has 2 aromatic carbocycles. The fourth-order valence-electron chi connectivity index (χ4n) is 2.61. The van der Waals surface area contributed by atoms with E-state index in [0.717, 1.165) is 0 Å². The van der Waals surface area contributed by atoms with Crippen LogP contribution < -0.4 is 4.74 Å². The van der Waals surface area contributed by atoms with Crippen molar-refractivity contribution in [1.29, 1.82) is 0 Å². The molecule has 1 fully saturated rings. The van der Waals surface area contributed by atoms with Gasteiger partial charge in [0.25, 0.3) is 5.91 Å². The maximum Gasteiger partial charge on any atom is 0.320 e. The summed E-state index contributed by atoms with van der Waals surface area (Å²) in [6, 6.07) is 16.5. The number of thioether (sulfide) groups is 1. The third-order valence-corrected chi connectivity index (χ3v) is 5.04. The summed E-state index contributed by atoms with van der Waals surface area (Å²) in [6.45, 7) is 0.973. The predicted molar refractivity (Wildman–Crippen MR) is 97.1 cm³/mol. The van der Waals surface area contributed by atoms with Gasteiger partial charge in [-0.15, -0.1) is 11.8 Å². The normalized spacial score (nSPS) is 17.0. The first kappa shape index (κ1) is 17.4. The van der Waals surface area contributed by atoms with Crippen molar-refractivity contribution in [3.63, 3.8) is 0 Å². The summed E-state index contributed by atoms with van der Waals surface area (Å²) in [5, 5.41) is -0.327. The fraction of sp³-hybridized carbons (Fsp3) is 0.263. The largest absolute Gasteiger partial charge is 0.468 e. The minimum absolute atomic E-state index is 0.104. The number of esters is 1. The standard InChI is InChI=1S/C19H19NO4S/c1-23-19(22)17-13-20(10-11-25-17)18(21)14-6-5-9-16(12-14)24-15-7-3-2-4-8-15/h2-9,12,17H,10-11,13H2,1H3/t17-/m0/s1.